The molecule has 1 unspecified atom stereocenters. The fourth-order valence-electron chi connectivity index (χ4n) is 1.35. The molecule has 1 atom stereocenters. The van der Waals surface area contributed by atoms with Crippen molar-refractivity contribution in [3.05, 3.63) is 11.1 Å². The number of anilines is 1. The Labute approximate surface area is 116 Å². The van der Waals surface area contributed by atoms with Gasteiger partial charge in [0.15, 0.2) is 5.13 Å². The van der Waals surface area contributed by atoms with Crippen LogP contribution in [0.25, 0.3) is 0 Å². The van der Waals surface area contributed by atoms with E-state index < -0.39 is 10.0 Å². The molecule has 0 spiro atoms. The number of aliphatic hydroxyl groups is 1. The zero-order chi connectivity index (χ0) is 14.5. The molecule has 0 aliphatic carbocycles. The molecule has 3 N–H and O–H groups in total. The van der Waals surface area contributed by atoms with E-state index in [9.17, 15) is 13.2 Å². The Kier molecular flexibility index (Phi) is 5.70. The first-order valence-electron chi connectivity index (χ1n) is 5.62. The van der Waals surface area contributed by atoms with E-state index >= 15 is 0 Å². The Morgan fingerprint density at radius 1 is 1.58 bits per heavy atom. The monoisotopic (exact) mass is 307 g/mol. The first-order valence-corrected chi connectivity index (χ1v) is 8.39. The fraction of sp³-hybridized carbons (Fsp3) is 0.600. The number of hydrogen-bond acceptors (Lipinski definition) is 6. The Balaban J connectivity index is 2.52. The summed E-state index contributed by atoms with van der Waals surface area (Å²) in [7, 11) is -3.35. The van der Waals surface area contributed by atoms with E-state index in [0.29, 0.717) is 12.1 Å². The highest BCUT2D eigenvalue weighted by atomic mass is 32.2. The summed E-state index contributed by atoms with van der Waals surface area (Å²) in [6.07, 6.45) is 1.61. The number of rotatable bonds is 7. The Morgan fingerprint density at radius 2 is 2.26 bits per heavy atom. The van der Waals surface area contributed by atoms with Crippen molar-refractivity contribution in [1.82, 2.24) is 10.3 Å². The van der Waals surface area contributed by atoms with Crippen LogP contribution in [0.3, 0.4) is 0 Å². The summed E-state index contributed by atoms with van der Waals surface area (Å²) in [5, 5.41) is 13.3. The lowest BCUT2D eigenvalue weighted by Gasteiger charge is -2.11. The molecule has 1 heterocycles. The van der Waals surface area contributed by atoms with Crippen LogP contribution in [0.2, 0.25) is 0 Å². The van der Waals surface area contributed by atoms with Crippen LogP contribution in [0.4, 0.5) is 5.13 Å². The van der Waals surface area contributed by atoms with E-state index in [-0.39, 0.29) is 30.1 Å². The Morgan fingerprint density at radius 3 is 2.84 bits per heavy atom. The molecule has 9 heteroatoms. The molecule has 1 amide bonds. The van der Waals surface area contributed by atoms with Crippen LogP contribution in [0, 0.1) is 0 Å². The molecule has 0 radical (unpaired) electrons. The van der Waals surface area contributed by atoms with Crippen LogP contribution in [0.5, 0.6) is 0 Å². The zero-order valence-corrected chi connectivity index (χ0v) is 12.3. The summed E-state index contributed by atoms with van der Waals surface area (Å²) in [5.74, 6) is -0.211. The van der Waals surface area contributed by atoms with Gasteiger partial charge in [-0.1, -0.05) is 0 Å². The molecule has 1 aromatic rings. The number of carbonyl (C=O) groups excluding carboxylic acids is 1. The van der Waals surface area contributed by atoms with Crippen molar-refractivity contribution >= 4 is 32.4 Å². The predicted molar refractivity (Wildman–Crippen MR) is 73.6 cm³/mol. The second-order valence-electron chi connectivity index (χ2n) is 4.18. The van der Waals surface area contributed by atoms with E-state index in [1.807, 2.05) is 0 Å². The summed E-state index contributed by atoms with van der Waals surface area (Å²) in [4.78, 5) is 15.6. The summed E-state index contributed by atoms with van der Waals surface area (Å²) < 4.78 is 24.3. The lowest BCUT2D eigenvalue weighted by atomic mass is 10.2. The van der Waals surface area contributed by atoms with Gasteiger partial charge in [-0.25, -0.2) is 13.4 Å². The van der Waals surface area contributed by atoms with Crippen molar-refractivity contribution < 1.29 is 18.3 Å². The minimum Gasteiger partial charge on any atom is -0.396 e. The highest BCUT2D eigenvalue weighted by Gasteiger charge is 2.11. The van der Waals surface area contributed by atoms with E-state index in [2.05, 4.69) is 15.0 Å². The van der Waals surface area contributed by atoms with Gasteiger partial charge in [0.25, 0.3) is 0 Å². The molecule has 19 heavy (non-hydrogen) atoms. The van der Waals surface area contributed by atoms with Crippen LogP contribution < -0.4 is 10.0 Å². The van der Waals surface area contributed by atoms with Crippen molar-refractivity contribution in [3.8, 4) is 0 Å². The van der Waals surface area contributed by atoms with Crippen molar-refractivity contribution in [3.63, 3.8) is 0 Å². The number of sulfonamides is 1. The maximum Gasteiger partial charge on any atom is 0.231 e. The molecule has 108 valence electrons. The van der Waals surface area contributed by atoms with Crippen molar-refractivity contribution in [1.29, 1.82) is 0 Å². The van der Waals surface area contributed by atoms with Crippen molar-refractivity contribution in [2.45, 2.75) is 25.8 Å². The maximum absolute atomic E-state index is 11.6. The van der Waals surface area contributed by atoms with E-state index in [1.54, 1.807) is 12.3 Å². The zero-order valence-electron chi connectivity index (χ0n) is 10.7. The summed E-state index contributed by atoms with van der Waals surface area (Å²) >= 11 is 1.13. The smallest absolute Gasteiger partial charge is 0.231 e. The lowest BCUT2D eigenvalue weighted by Crippen LogP contribution is -2.34. The topological polar surface area (TPSA) is 108 Å². The van der Waals surface area contributed by atoms with E-state index in [4.69, 9.17) is 5.11 Å². The van der Waals surface area contributed by atoms with Crippen LogP contribution >= 0.6 is 11.3 Å². The first-order chi connectivity index (χ1) is 8.80. The van der Waals surface area contributed by atoms with Crippen LogP contribution in [0.1, 0.15) is 19.0 Å². The SMILES string of the molecule is CC(CCO)NC(=O)Cc1csc(NS(C)(=O)=O)n1. The van der Waals surface area contributed by atoms with Gasteiger partial charge in [-0.3, -0.25) is 9.52 Å². The van der Waals surface area contributed by atoms with Gasteiger partial charge in [-0.2, -0.15) is 0 Å². The highest BCUT2D eigenvalue weighted by Crippen LogP contribution is 2.16. The fourth-order valence-corrected chi connectivity index (χ4v) is 2.91. The molecule has 0 bridgehead atoms. The Bertz CT molecular complexity index is 527. The van der Waals surface area contributed by atoms with Gasteiger partial charge >= 0.3 is 0 Å². The molecule has 0 saturated heterocycles. The van der Waals surface area contributed by atoms with Gasteiger partial charge in [0.2, 0.25) is 15.9 Å². The number of thiazole rings is 1. The minimum absolute atomic E-state index is 0.0145. The van der Waals surface area contributed by atoms with Crippen LogP contribution in [-0.4, -0.2) is 43.3 Å². The molecule has 0 aromatic carbocycles. The lowest BCUT2D eigenvalue weighted by molar-refractivity contribution is -0.121. The molecule has 7 nitrogen and oxygen atoms in total. The molecule has 0 aliphatic rings. The molecule has 1 rings (SSSR count). The number of aliphatic hydroxyl groups excluding tert-OH is 1. The second-order valence-corrected chi connectivity index (χ2v) is 6.78. The third kappa shape index (κ3) is 6.50. The number of nitrogens with one attached hydrogen (secondary N) is 2. The molecular weight excluding hydrogens is 290 g/mol. The van der Waals surface area contributed by atoms with Crippen LogP contribution in [-0.2, 0) is 21.2 Å². The summed E-state index contributed by atoms with van der Waals surface area (Å²) in [5.41, 5.74) is 0.504. The number of amides is 1. The van der Waals surface area contributed by atoms with E-state index in [1.165, 1.54) is 0 Å². The third-order valence-corrected chi connectivity index (χ3v) is 3.64. The van der Waals surface area contributed by atoms with Gasteiger partial charge in [0.05, 0.1) is 18.4 Å². The average Bonchev–Trinajstić information content (AvgIpc) is 2.62. The highest BCUT2D eigenvalue weighted by molar-refractivity contribution is 7.92. The third-order valence-electron chi connectivity index (χ3n) is 2.14. The molecule has 1 aromatic heterocycles. The van der Waals surface area contributed by atoms with Crippen LogP contribution in [0.15, 0.2) is 5.38 Å². The Hall–Kier alpha value is -1.19. The largest absolute Gasteiger partial charge is 0.396 e. The second kappa shape index (κ2) is 6.83. The molecule has 0 saturated carbocycles. The van der Waals surface area contributed by atoms with E-state index in [0.717, 1.165) is 17.6 Å². The quantitative estimate of drug-likeness (QED) is 0.654. The van der Waals surface area contributed by atoms with Gasteiger partial charge in [-0.15, -0.1) is 11.3 Å². The number of hydrogen-bond donors (Lipinski definition) is 3. The van der Waals surface area contributed by atoms with Gasteiger partial charge < -0.3 is 10.4 Å². The van der Waals surface area contributed by atoms with Gasteiger partial charge in [0.1, 0.15) is 0 Å². The standard InChI is InChI=1S/C10H17N3O4S2/c1-7(3-4-14)11-9(15)5-8-6-18-10(12-8)13-19(2,16)17/h6-7,14H,3-5H2,1-2H3,(H,11,15)(H,12,13). The number of nitrogens with zero attached hydrogens (tertiary/aromatic N) is 1. The minimum atomic E-state index is -3.35. The summed E-state index contributed by atoms with van der Waals surface area (Å²) in [6.45, 7) is 1.81. The number of carbonyl (C=O) groups is 1. The maximum atomic E-state index is 11.6. The summed E-state index contributed by atoms with van der Waals surface area (Å²) in [6, 6.07) is -0.107. The van der Waals surface area contributed by atoms with Crippen molar-refractivity contribution in [2.75, 3.05) is 17.6 Å². The normalized spacial score (nSPS) is 13.0. The number of aromatic nitrogens is 1. The van der Waals surface area contributed by atoms with Crippen molar-refractivity contribution in [2.24, 2.45) is 0 Å². The predicted octanol–water partition coefficient (Wildman–Crippen LogP) is -0.0558. The average molecular weight is 307 g/mol. The van der Waals surface area contributed by atoms with Gasteiger partial charge in [0, 0.05) is 18.0 Å². The molecule has 0 aliphatic heterocycles. The molecule has 0 fully saturated rings. The molecular formula is C10H17N3O4S2. The van der Waals surface area contributed by atoms with Gasteiger partial charge in [-0.05, 0) is 13.3 Å². The first kappa shape index (κ1) is 15.9.